The van der Waals surface area contributed by atoms with E-state index in [-0.39, 0.29) is 29.7 Å². The molecule has 1 aliphatic heterocycles. The van der Waals surface area contributed by atoms with Crippen molar-refractivity contribution in [1.82, 2.24) is 4.90 Å². The molecule has 98 valence electrons. The Kier molecular flexibility index (Phi) is 3.00. The van der Waals surface area contributed by atoms with Crippen LogP contribution >= 0.6 is 0 Å². The van der Waals surface area contributed by atoms with Crippen molar-refractivity contribution in [3.05, 3.63) is 11.6 Å². The maximum absolute atomic E-state index is 12.5. The molecule has 0 N–H and O–H groups in total. The topological polar surface area (TPSA) is 37.4 Å². The van der Waals surface area contributed by atoms with Gasteiger partial charge >= 0.3 is 0 Å². The van der Waals surface area contributed by atoms with Crippen LogP contribution in [0.2, 0.25) is 0 Å². The zero-order valence-electron chi connectivity index (χ0n) is 11.0. The van der Waals surface area contributed by atoms with Gasteiger partial charge in [0.1, 0.15) is 0 Å². The minimum Gasteiger partial charge on any atom is -0.279 e. The van der Waals surface area contributed by atoms with Crippen LogP contribution in [0.15, 0.2) is 11.6 Å². The molecule has 3 aliphatic rings. The molecule has 2 atom stereocenters. The molecule has 1 heterocycles. The smallest absolute Gasteiger partial charge is 0.233 e. The highest BCUT2D eigenvalue weighted by Crippen LogP contribution is 2.40. The van der Waals surface area contributed by atoms with Gasteiger partial charge in [0, 0.05) is 6.04 Å². The summed E-state index contributed by atoms with van der Waals surface area (Å²) in [5.41, 5.74) is 1.27. The standard InChI is InChI=1S/C15H21NO2/c1-10-7-8-12-13(9-10)15(18)16(14(12)17)11-5-3-2-4-6-11/h7,11-13H,2-6,8-9H2,1H3/t12-,13+/m0/s1. The first-order chi connectivity index (χ1) is 8.68. The fourth-order valence-electron chi connectivity index (χ4n) is 3.76. The van der Waals surface area contributed by atoms with E-state index in [0.717, 1.165) is 38.5 Å². The van der Waals surface area contributed by atoms with E-state index in [1.807, 2.05) is 0 Å². The quantitative estimate of drug-likeness (QED) is 0.527. The van der Waals surface area contributed by atoms with Gasteiger partial charge in [0.05, 0.1) is 11.8 Å². The van der Waals surface area contributed by atoms with Crippen molar-refractivity contribution < 1.29 is 9.59 Å². The number of allylic oxidation sites excluding steroid dienone is 2. The van der Waals surface area contributed by atoms with Crippen LogP contribution < -0.4 is 0 Å². The highest BCUT2D eigenvalue weighted by molar-refractivity contribution is 6.05. The summed E-state index contributed by atoms with van der Waals surface area (Å²) in [6.07, 6.45) is 9.30. The van der Waals surface area contributed by atoms with Crippen molar-refractivity contribution in [1.29, 1.82) is 0 Å². The third-order valence-electron chi connectivity index (χ3n) is 4.80. The van der Waals surface area contributed by atoms with Gasteiger partial charge in [-0.3, -0.25) is 14.5 Å². The second-order valence-corrected chi connectivity index (χ2v) is 6.04. The first-order valence-electron chi connectivity index (χ1n) is 7.21. The molecular weight excluding hydrogens is 226 g/mol. The van der Waals surface area contributed by atoms with Crippen molar-refractivity contribution in [3.8, 4) is 0 Å². The lowest BCUT2D eigenvalue weighted by Crippen LogP contribution is -2.41. The summed E-state index contributed by atoms with van der Waals surface area (Å²) in [5.74, 6) is 0.123. The lowest BCUT2D eigenvalue weighted by atomic mass is 9.82. The maximum Gasteiger partial charge on any atom is 0.233 e. The monoisotopic (exact) mass is 247 g/mol. The van der Waals surface area contributed by atoms with Gasteiger partial charge in [0.25, 0.3) is 0 Å². The van der Waals surface area contributed by atoms with Crippen molar-refractivity contribution >= 4 is 11.8 Å². The lowest BCUT2D eigenvalue weighted by Gasteiger charge is -2.29. The van der Waals surface area contributed by atoms with Crippen molar-refractivity contribution in [2.45, 2.75) is 57.9 Å². The molecule has 0 aromatic rings. The lowest BCUT2D eigenvalue weighted by molar-refractivity contribution is -0.143. The summed E-state index contributed by atoms with van der Waals surface area (Å²) in [7, 11) is 0. The van der Waals surface area contributed by atoms with Crippen LogP contribution in [0.25, 0.3) is 0 Å². The Morgan fingerprint density at radius 1 is 1.06 bits per heavy atom. The SMILES string of the molecule is CC1=CC[C@@H]2C(=O)N(C3CCCCC3)C(=O)[C@@H]2C1. The average Bonchev–Trinajstić information content (AvgIpc) is 2.63. The van der Waals surface area contributed by atoms with Crippen molar-refractivity contribution in [2.75, 3.05) is 0 Å². The molecule has 3 heteroatoms. The normalized spacial score (nSPS) is 33.6. The van der Waals surface area contributed by atoms with Crippen LogP contribution in [0.5, 0.6) is 0 Å². The number of carbonyl (C=O) groups is 2. The predicted octanol–water partition coefficient (Wildman–Crippen LogP) is 2.66. The summed E-state index contributed by atoms with van der Waals surface area (Å²) in [4.78, 5) is 26.5. The average molecular weight is 247 g/mol. The molecule has 0 bridgehead atoms. The minimum absolute atomic E-state index is 0.0515. The molecule has 2 aliphatic carbocycles. The Hall–Kier alpha value is -1.12. The number of nitrogens with zero attached hydrogens (tertiary/aromatic N) is 1. The highest BCUT2D eigenvalue weighted by Gasteiger charge is 2.50. The van der Waals surface area contributed by atoms with Crippen LogP contribution in [0.3, 0.4) is 0 Å². The number of rotatable bonds is 1. The van der Waals surface area contributed by atoms with E-state index in [4.69, 9.17) is 0 Å². The van der Waals surface area contributed by atoms with E-state index >= 15 is 0 Å². The number of amides is 2. The molecule has 3 rings (SSSR count). The fourth-order valence-corrected chi connectivity index (χ4v) is 3.76. The van der Waals surface area contributed by atoms with Crippen LogP contribution in [0.1, 0.15) is 51.9 Å². The van der Waals surface area contributed by atoms with Crippen LogP contribution in [0.4, 0.5) is 0 Å². The number of hydrogen-bond acceptors (Lipinski definition) is 2. The zero-order valence-corrected chi connectivity index (χ0v) is 11.0. The van der Waals surface area contributed by atoms with Gasteiger partial charge in [-0.25, -0.2) is 0 Å². The second-order valence-electron chi connectivity index (χ2n) is 6.04. The Bertz CT molecular complexity index is 407. The zero-order chi connectivity index (χ0) is 12.7. The Morgan fingerprint density at radius 2 is 1.72 bits per heavy atom. The molecule has 2 fully saturated rings. The first-order valence-corrected chi connectivity index (χ1v) is 7.21. The Labute approximate surface area is 108 Å². The van der Waals surface area contributed by atoms with E-state index in [2.05, 4.69) is 13.0 Å². The summed E-state index contributed by atoms with van der Waals surface area (Å²) < 4.78 is 0. The number of hydrogen-bond donors (Lipinski definition) is 0. The number of imide groups is 1. The van der Waals surface area contributed by atoms with E-state index in [0.29, 0.717) is 0 Å². The highest BCUT2D eigenvalue weighted by atomic mass is 16.2. The van der Waals surface area contributed by atoms with Gasteiger partial charge < -0.3 is 0 Å². The van der Waals surface area contributed by atoms with Crippen LogP contribution in [-0.2, 0) is 9.59 Å². The van der Waals surface area contributed by atoms with E-state index in [9.17, 15) is 9.59 Å². The molecular formula is C15H21NO2. The molecule has 3 nitrogen and oxygen atoms in total. The number of carbonyl (C=O) groups excluding carboxylic acids is 2. The maximum atomic E-state index is 12.5. The van der Waals surface area contributed by atoms with Crippen LogP contribution in [0, 0.1) is 11.8 Å². The predicted molar refractivity (Wildman–Crippen MR) is 68.7 cm³/mol. The summed E-state index contributed by atoms with van der Waals surface area (Å²) in [6, 6.07) is 0.199. The molecule has 1 saturated carbocycles. The first kappa shape index (κ1) is 11.9. The van der Waals surface area contributed by atoms with Gasteiger partial charge in [-0.2, -0.15) is 0 Å². The number of likely N-dealkylation sites (tertiary alicyclic amines) is 1. The summed E-state index contributed by atoms with van der Waals surface area (Å²) >= 11 is 0. The van der Waals surface area contributed by atoms with E-state index in [1.165, 1.54) is 12.0 Å². The van der Waals surface area contributed by atoms with Gasteiger partial charge in [-0.15, -0.1) is 0 Å². The molecule has 0 aromatic carbocycles. The fraction of sp³-hybridized carbons (Fsp3) is 0.733. The van der Waals surface area contributed by atoms with Crippen LogP contribution in [-0.4, -0.2) is 22.8 Å². The van der Waals surface area contributed by atoms with Crippen molar-refractivity contribution in [3.63, 3.8) is 0 Å². The van der Waals surface area contributed by atoms with Gasteiger partial charge in [0.2, 0.25) is 11.8 Å². The molecule has 0 spiro atoms. The van der Waals surface area contributed by atoms with E-state index < -0.39 is 0 Å². The summed E-state index contributed by atoms with van der Waals surface area (Å²) in [6.45, 7) is 2.07. The van der Waals surface area contributed by atoms with Gasteiger partial charge in [-0.05, 0) is 32.6 Å². The Morgan fingerprint density at radius 3 is 2.44 bits per heavy atom. The second kappa shape index (κ2) is 4.52. The molecule has 0 radical (unpaired) electrons. The van der Waals surface area contributed by atoms with Gasteiger partial charge in [-0.1, -0.05) is 30.9 Å². The molecule has 2 amide bonds. The number of fused-ring (bicyclic) bond motifs is 1. The Balaban J connectivity index is 1.81. The molecule has 18 heavy (non-hydrogen) atoms. The minimum atomic E-state index is -0.0527. The molecule has 0 aromatic heterocycles. The molecule has 0 unspecified atom stereocenters. The van der Waals surface area contributed by atoms with Gasteiger partial charge in [0.15, 0.2) is 0 Å². The molecule has 1 saturated heterocycles. The third-order valence-corrected chi connectivity index (χ3v) is 4.80. The largest absolute Gasteiger partial charge is 0.279 e. The van der Waals surface area contributed by atoms with E-state index in [1.54, 1.807) is 4.90 Å². The summed E-state index contributed by atoms with van der Waals surface area (Å²) in [5, 5.41) is 0. The van der Waals surface area contributed by atoms with Crippen molar-refractivity contribution in [2.24, 2.45) is 11.8 Å². The third kappa shape index (κ3) is 1.80.